The first kappa shape index (κ1) is 18.2. The van der Waals surface area contributed by atoms with Crippen LogP contribution >= 0.6 is 0 Å². The molecule has 5 heteroatoms. The van der Waals surface area contributed by atoms with Crippen molar-refractivity contribution in [2.75, 3.05) is 26.9 Å². The van der Waals surface area contributed by atoms with Crippen molar-refractivity contribution < 1.29 is 14.3 Å². The largest absolute Gasteiger partial charge is 0.497 e. The number of pyridine rings is 1. The number of hydrogen-bond acceptors (Lipinski definition) is 4. The van der Waals surface area contributed by atoms with Gasteiger partial charge in [0, 0.05) is 31.2 Å². The number of hydrogen-bond donors (Lipinski definition) is 1. The Balaban J connectivity index is 1.95. The summed E-state index contributed by atoms with van der Waals surface area (Å²) in [5.74, 6) is 1.19. The Labute approximate surface area is 143 Å². The lowest BCUT2D eigenvalue weighted by molar-refractivity contribution is 0.0924. The average molecular weight is 330 g/mol. The van der Waals surface area contributed by atoms with E-state index < -0.39 is 0 Å². The highest BCUT2D eigenvalue weighted by molar-refractivity contribution is 5.98. The summed E-state index contributed by atoms with van der Waals surface area (Å²) in [5, 5.41) is 3.85. The third kappa shape index (κ3) is 4.93. The molecule has 0 fully saturated rings. The van der Waals surface area contributed by atoms with Crippen LogP contribution in [0.25, 0.3) is 10.9 Å². The smallest absolute Gasteiger partial charge is 0.253 e. The number of carbonyl (C=O) groups is 1. The molecular weight excluding hydrogens is 304 g/mol. The van der Waals surface area contributed by atoms with Gasteiger partial charge in [0.15, 0.2) is 0 Å². The summed E-state index contributed by atoms with van der Waals surface area (Å²) in [6.45, 7) is 8.09. The van der Waals surface area contributed by atoms with E-state index in [1.807, 2.05) is 31.2 Å². The van der Waals surface area contributed by atoms with Gasteiger partial charge in [0.05, 0.1) is 23.9 Å². The Morgan fingerprint density at radius 1 is 1.29 bits per heavy atom. The fourth-order valence-electron chi connectivity index (χ4n) is 2.39. The predicted molar refractivity (Wildman–Crippen MR) is 95.6 cm³/mol. The Kier molecular flexibility index (Phi) is 6.55. The number of rotatable bonds is 8. The quantitative estimate of drug-likeness (QED) is 0.754. The molecule has 0 bridgehead atoms. The number of ether oxygens (including phenoxy) is 2. The molecule has 0 saturated carbocycles. The molecule has 2 aromatic rings. The number of nitrogens with zero attached hydrogens (tertiary/aromatic N) is 1. The van der Waals surface area contributed by atoms with Crippen LogP contribution < -0.4 is 10.1 Å². The van der Waals surface area contributed by atoms with Crippen molar-refractivity contribution in [3.63, 3.8) is 0 Å². The molecule has 5 nitrogen and oxygen atoms in total. The number of carbonyl (C=O) groups excluding carboxylic acids is 1. The van der Waals surface area contributed by atoms with Crippen molar-refractivity contribution in [2.24, 2.45) is 5.92 Å². The number of benzene rings is 1. The van der Waals surface area contributed by atoms with Crippen LogP contribution in [-0.4, -0.2) is 37.8 Å². The maximum absolute atomic E-state index is 12.4. The van der Waals surface area contributed by atoms with Gasteiger partial charge in [0.1, 0.15) is 5.75 Å². The summed E-state index contributed by atoms with van der Waals surface area (Å²) < 4.78 is 10.7. The molecule has 130 valence electrons. The highest BCUT2D eigenvalue weighted by Crippen LogP contribution is 2.21. The van der Waals surface area contributed by atoms with Gasteiger partial charge >= 0.3 is 0 Å². The van der Waals surface area contributed by atoms with Gasteiger partial charge in [-0.15, -0.1) is 0 Å². The summed E-state index contributed by atoms with van der Waals surface area (Å²) in [6, 6.07) is 7.53. The second-order valence-electron chi connectivity index (χ2n) is 6.26. The number of nitrogens with one attached hydrogen (secondary N) is 1. The predicted octanol–water partition coefficient (Wildman–Crippen LogP) is 3.34. The van der Waals surface area contributed by atoms with Crippen molar-refractivity contribution in [3.8, 4) is 5.75 Å². The number of aromatic nitrogens is 1. The van der Waals surface area contributed by atoms with E-state index in [2.05, 4.69) is 24.1 Å². The lowest BCUT2D eigenvalue weighted by atomic mass is 10.1. The maximum Gasteiger partial charge on any atom is 0.253 e. The Morgan fingerprint density at radius 3 is 2.79 bits per heavy atom. The van der Waals surface area contributed by atoms with Crippen LogP contribution in [-0.2, 0) is 4.74 Å². The average Bonchev–Trinajstić information content (AvgIpc) is 2.56. The molecule has 0 spiro atoms. The molecule has 1 aromatic heterocycles. The van der Waals surface area contributed by atoms with Gasteiger partial charge in [-0.1, -0.05) is 13.8 Å². The monoisotopic (exact) mass is 330 g/mol. The van der Waals surface area contributed by atoms with E-state index in [1.165, 1.54) is 0 Å². The third-order valence-electron chi connectivity index (χ3n) is 3.66. The molecule has 0 aliphatic carbocycles. The fraction of sp³-hybridized carbons (Fsp3) is 0.474. The van der Waals surface area contributed by atoms with Gasteiger partial charge < -0.3 is 14.8 Å². The molecule has 0 unspecified atom stereocenters. The zero-order valence-electron chi connectivity index (χ0n) is 14.9. The van der Waals surface area contributed by atoms with E-state index in [0.717, 1.165) is 29.7 Å². The Bertz CT molecular complexity index is 698. The van der Waals surface area contributed by atoms with Crippen LogP contribution in [0.1, 0.15) is 36.3 Å². The molecule has 1 N–H and O–H groups in total. The second-order valence-corrected chi connectivity index (χ2v) is 6.26. The zero-order chi connectivity index (χ0) is 17.5. The Morgan fingerprint density at radius 2 is 2.08 bits per heavy atom. The number of fused-ring (bicyclic) bond motifs is 1. The molecule has 1 amide bonds. The first-order chi connectivity index (χ1) is 11.5. The highest BCUT2D eigenvalue weighted by Gasteiger charge is 2.11. The molecule has 1 heterocycles. The number of aryl methyl sites for hydroxylation is 1. The van der Waals surface area contributed by atoms with Gasteiger partial charge in [-0.2, -0.15) is 0 Å². The molecule has 0 aliphatic rings. The fourth-order valence-corrected chi connectivity index (χ4v) is 2.39. The standard InChI is InChI=1S/C19H26N2O3/c1-13(2)12-24-9-5-8-20-19(22)17-10-15-6-7-16(23-4)11-18(15)21-14(17)3/h6-7,10-11,13H,5,8-9,12H2,1-4H3,(H,20,22). The summed E-state index contributed by atoms with van der Waals surface area (Å²) in [7, 11) is 1.63. The van der Waals surface area contributed by atoms with E-state index in [0.29, 0.717) is 30.3 Å². The molecule has 1 aromatic carbocycles. The van der Waals surface area contributed by atoms with Gasteiger partial charge in [0.2, 0.25) is 0 Å². The molecule has 2 rings (SSSR count). The second kappa shape index (κ2) is 8.64. The van der Waals surface area contributed by atoms with Crippen molar-refractivity contribution in [1.29, 1.82) is 0 Å². The number of methoxy groups -OCH3 is 1. The van der Waals surface area contributed by atoms with Gasteiger partial charge in [-0.25, -0.2) is 0 Å². The van der Waals surface area contributed by atoms with E-state index >= 15 is 0 Å². The number of amides is 1. The van der Waals surface area contributed by atoms with Crippen LogP contribution in [0.5, 0.6) is 5.75 Å². The lowest BCUT2D eigenvalue weighted by Crippen LogP contribution is -2.26. The molecule has 0 saturated heterocycles. The normalized spacial score (nSPS) is 11.0. The minimum absolute atomic E-state index is 0.0958. The van der Waals surface area contributed by atoms with Crippen molar-refractivity contribution >= 4 is 16.8 Å². The van der Waals surface area contributed by atoms with Crippen LogP contribution in [0.2, 0.25) is 0 Å². The van der Waals surface area contributed by atoms with Crippen LogP contribution in [0.15, 0.2) is 24.3 Å². The molecular formula is C19H26N2O3. The minimum atomic E-state index is -0.0958. The molecule has 24 heavy (non-hydrogen) atoms. The molecule has 0 atom stereocenters. The van der Waals surface area contributed by atoms with Crippen LogP contribution in [0.3, 0.4) is 0 Å². The minimum Gasteiger partial charge on any atom is -0.497 e. The zero-order valence-corrected chi connectivity index (χ0v) is 14.9. The summed E-state index contributed by atoms with van der Waals surface area (Å²) in [6.07, 6.45) is 0.801. The SMILES string of the molecule is COc1ccc2cc(C(=O)NCCCOCC(C)C)c(C)nc2c1. The maximum atomic E-state index is 12.4. The highest BCUT2D eigenvalue weighted by atomic mass is 16.5. The first-order valence-electron chi connectivity index (χ1n) is 8.32. The lowest BCUT2D eigenvalue weighted by Gasteiger charge is -2.10. The topological polar surface area (TPSA) is 60.5 Å². The summed E-state index contributed by atoms with van der Waals surface area (Å²) in [4.78, 5) is 16.9. The van der Waals surface area contributed by atoms with Gasteiger partial charge in [-0.05, 0) is 37.5 Å². The molecule has 0 aliphatic heterocycles. The first-order valence-corrected chi connectivity index (χ1v) is 8.32. The van der Waals surface area contributed by atoms with Crippen LogP contribution in [0.4, 0.5) is 0 Å². The van der Waals surface area contributed by atoms with E-state index in [1.54, 1.807) is 7.11 Å². The van der Waals surface area contributed by atoms with Crippen molar-refractivity contribution in [1.82, 2.24) is 10.3 Å². The van der Waals surface area contributed by atoms with E-state index in [9.17, 15) is 4.79 Å². The van der Waals surface area contributed by atoms with Crippen molar-refractivity contribution in [2.45, 2.75) is 27.2 Å². The van der Waals surface area contributed by atoms with Crippen LogP contribution in [0, 0.1) is 12.8 Å². The Hall–Kier alpha value is -2.14. The van der Waals surface area contributed by atoms with E-state index in [-0.39, 0.29) is 5.91 Å². The van der Waals surface area contributed by atoms with Crippen molar-refractivity contribution in [3.05, 3.63) is 35.5 Å². The van der Waals surface area contributed by atoms with Gasteiger partial charge in [-0.3, -0.25) is 9.78 Å². The van der Waals surface area contributed by atoms with Gasteiger partial charge in [0.25, 0.3) is 5.91 Å². The summed E-state index contributed by atoms with van der Waals surface area (Å²) >= 11 is 0. The van der Waals surface area contributed by atoms with E-state index in [4.69, 9.17) is 9.47 Å². The summed E-state index contributed by atoms with van der Waals surface area (Å²) in [5.41, 5.74) is 2.14. The molecule has 0 radical (unpaired) electrons. The third-order valence-corrected chi connectivity index (χ3v) is 3.66.